The molecule has 1 heterocycles. The zero-order valence-electron chi connectivity index (χ0n) is 12.1. The van der Waals surface area contributed by atoms with Gasteiger partial charge in [-0.05, 0) is 30.4 Å². The summed E-state index contributed by atoms with van der Waals surface area (Å²) in [7, 11) is 0. The first-order valence-corrected chi connectivity index (χ1v) is 7.22. The number of aromatic amines is 1. The molecular formula is C15H11N5O3S. The number of non-ortho nitro benzene ring substituents is 1. The van der Waals surface area contributed by atoms with E-state index in [0.717, 1.165) is 10.9 Å². The van der Waals surface area contributed by atoms with Crippen LogP contribution >= 0.6 is 12.2 Å². The number of hydrogen-bond donors (Lipinski definition) is 3. The number of benzene rings is 2. The minimum atomic E-state index is -0.485. The van der Waals surface area contributed by atoms with Gasteiger partial charge in [0.1, 0.15) is 0 Å². The van der Waals surface area contributed by atoms with Crippen LogP contribution in [0.15, 0.2) is 58.8 Å². The zero-order valence-corrected chi connectivity index (χ0v) is 12.9. The van der Waals surface area contributed by atoms with Gasteiger partial charge in [-0.25, -0.2) is 0 Å². The Bertz CT molecular complexity index is 949. The van der Waals surface area contributed by atoms with E-state index in [-0.39, 0.29) is 16.7 Å². The van der Waals surface area contributed by atoms with Gasteiger partial charge < -0.3 is 15.4 Å². The maximum Gasteiger partial charge on any atom is 0.269 e. The summed E-state index contributed by atoms with van der Waals surface area (Å²) in [6.45, 7) is 0. The van der Waals surface area contributed by atoms with Gasteiger partial charge in [0.15, 0.2) is 5.69 Å². The summed E-state index contributed by atoms with van der Waals surface area (Å²) in [5.74, 6) is -0.0990. The fraction of sp³-hybridized carbons (Fsp3) is 0. The van der Waals surface area contributed by atoms with Gasteiger partial charge in [-0.15, -0.1) is 10.2 Å². The molecule has 3 aromatic rings. The molecule has 1 aromatic heterocycles. The number of fused-ring (bicyclic) bond motifs is 1. The lowest BCUT2D eigenvalue weighted by atomic mass is 10.2. The number of aromatic nitrogens is 1. The molecule has 0 radical (unpaired) electrons. The molecule has 0 saturated carbocycles. The Balaban J connectivity index is 1.75. The van der Waals surface area contributed by atoms with Gasteiger partial charge in [0.25, 0.3) is 5.69 Å². The van der Waals surface area contributed by atoms with E-state index in [1.54, 1.807) is 6.07 Å². The third kappa shape index (κ3) is 3.20. The fourth-order valence-corrected chi connectivity index (χ4v) is 2.28. The lowest BCUT2D eigenvalue weighted by Gasteiger charge is -2.02. The van der Waals surface area contributed by atoms with Gasteiger partial charge >= 0.3 is 0 Å². The van der Waals surface area contributed by atoms with Gasteiger partial charge in [-0.3, -0.25) is 10.1 Å². The number of thiocarbonyl (C=S) groups is 1. The minimum Gasteiger partial charge on any atom is -0.493 e. The molecule has 2 aromatic carbocycles. The highest BCUT2D eigenvalue weighted by Crippen LogP contribution is 2.35. The number of nitro benzene ring substituents is 1. The Hall–Kier alpha value is -3.33. The maximum atomic E-state index is 10.6. The predicted octanol–water partition coefficient (Wildman–Crippen LogP) is 4.26. The summed E-state index contributed by atoms with van der Waals surface area (Å²) in [5.41, 5.74) is 1.56. The van der Waals surface area contributed by atoms with E-state index in [1.165, 1.54) is 24.3 Å². The van der Waals surface area contributed by atoms with Crippen LogP contribution in [-0.4, -0.2) is 20.1 Å². The number of aromatic hydroxyl groups is 1. The Morgan fingerprint density at radius 2 is 1.92 bits per heavy atom. The van der Waals surface area contributed by atoms with Gasteiger partial charge in [0, 0.05) is 23.2 Å². The molecule has 0 fully saturated rings. The van der Waals surface area contributed by atoms with Crippen molar-refractivity contribution < 1.29 is 10.0 Å². The molecule has 24 heavy (non-hydrogen) atoms. The second kappa shape index (κ2) is 6.42. The zero-order chi connectivity index (χ0) is 17.1. The van der Waals surface area contributed by atoms with Crippen LogP contribution < -0.4 is 5.32 Å². The molecule has 9 heteroatoms. The fourth-order valence-electron chi connectivity index (χ4n) is 2.12. The number of nitrogens with one attached hydrogen (secondary N) is 2. The molecule has 3 N–H and O–H groups in total. The molecule has 0 bridgehead atoms. The van der Waals surface area contributed by atoms with E-state index in [1.807, 2.05) is 18.2 Å². The normalized spacial score (nSPS) is 11.0. The molecule has 8 nitrogen and oxygen atoms in total. The predicted molar refractivity (Wildman–Crippen MR) is 93.8 cm³/mol. The van der Waals surface area contributed by atoms with E-state index in [4.69, 9.17) is 12.2 Å². The maximum absolute atomic E-state index is 10.6. The number of H-pyrrole nitrogens is 1. The Morgan fingerprint density at radius 3 is 2.62 bits per heavy atom. The van der Waals surface area contributed by atoms with Crippen LogP contribution in [0.3, 0.4) is 0 Å². The molecule has 120 valence electrons. The molecule has 3 rings (SSSR count). The monoisotopic (exact) mass is 341 g/mol. The SMILES string of the molecule is O=[N+]([O-])c1ccc(NC(=S)N=Nc2c(O)[nH]c3ccccc23)cc1. The van der Waals surface area contributed by atoms with Crippen LogP contribution in [0.1, 0.15) is 0 Å². The van der Waals surface area contributed by atoms with Crippen molar-refractivity contribution in [3.8, 4) is 5.88 Å². The van der Waals surface area contributed by atoms with Gasteiger partial charge in [-0.1, -0.05) is 18.2 Å². The average Bonchev–Trinajstić information content (AvgIpc) is 2.88. The van der Waals surface area contributed by atoms with Crippen LogP contribution in [0.4, 0.5) is 17.1 Å². The van der Waals surface area contributed by atoms with Crippen molar-refractivity contribution in [2.24, 2.45) is 10.2 Å². The Kier molecular flexibility index (Phi) is 4.17. The number of nitro groups is 1. The third-order valence-electron chi connectivity index (χ3n) is 3.23. The molecule has 0 aliphatic rings. The highest BCUT2D eigenvalue weighted by atomic mass is 32.1. The number of nitrogens with zero attached hydrogens (tertiary/aromatic N) is 3. The second-order valence-electron chi connectivity index (χ2n) is 4.80. The van der Waals surface area contributed by atoms with E-state index in [9.17, 15) is 15.2 Å². The van der Waals surface area contributed by atoms with Gasteiger partial charge in [0.2, 0.25) is 11.0 Å². The number of para-hydroxylation sites is 1. The number of rotatable bonds is 3. The Labute approximate surface area is 141 Å². The third-order valence-corrected chi connectivity index (χ3v) is 3.41. The molecule has 0 aliphatic heterocycles. The van der Waals surface area contributed by atoms with E-state index >= 15 is 0 Å². The number of anilines is 1. The molecule has 0 saturated heterocycles. The van der Waals surface area contributed by atoms with E-state index in [0.29, 0.717) is 11.4 Å². The van der Waals surface area contributed by atoms with Crippen LogP contribution in [0.5, 0.6) is 5.88 Å². The summed E-state index contributed by atoms with van der Waals surface area (Å²) in [6, 6.07) is 13.0. The lowest BCUT2D eigenvalue weighted by Crippen LogP contribution is -2.04. The highest BCUT2D eigenvalue weighted by molar-refractivity contribution is 7.80. The summed E-state index contributed by atoms with van der Waals surface area (Å²) >= 11 is 5.06. The minimum absolute atomic E-state index is 0.0168. The van der Waals surface area contributed by atoms with Crippen molar-refractivity contribution in [1.82, 2.24) is 4.98 Å². The van der Waals surface area contributed by atoms with Crippen molar-refractivity contribution in [1.29, 1.82) is 0 Å². The van der Waals surface area contributed by atoms with Crippen LogP contribution in [-0.2, 0) is 0 Å². The summed E-state index contributed by atoms with van der Waals surface area (Å²) in [6.07, 6.45) is 0. The van der Waals surface area contributed by atoms with Crippen molar-refractivity contribution in [3.63, 3.8) is 0 Å². The van der Waals surface area contributed by atoms with Gasteiger partial charge in [0.05, 0.1) is 10.4 Å². The number of azo groups is 1. The van der Waals surface area contributed by atoms with Gasteiger partial charge in [-0.2, -0.15) is 0 Å². The van der Waals surface area contributed by atoms with Crippen molar-refractivity contribution in [2.75, 3.05) is 5.32 Å². The van der Waals surface area contributed by atoms with Crippen LogP contribution in [0, 0.1) is 10.1 Å². The molecule has 0 spiro atoms. The molecule has 0 atom stereocenters. The summed E-state index contributed by atoms with van der Waals surface area (Å²) in [5, 5.41) is 31.9. The Morgan fingerprint density at radius 1 is 1.21 bits per heavy atom. The largest absolute Gasteiger partial charge is 0.493 e. The highest BCUT2D eigenvalue weighted by Gasteiger charge is 2.10. The average molecular weight is 341 g/mol. The smallest absolute Gasteiger partial charge is 0.269 e. The number of hydrogen-bond acceptors (Lipinski definition) is 5. The van der Waals surface area contributed by atoms with Crippen molar-refractivity contribution in [2.45, 2.75) is 0 Å². The standard InChI is InChI=1S/C15H11N5O3S/c21-14-13(11-3-1-2-4-12(11)17-14)18-19-15(24)16-9-5-7-10(8-6-9)20(22)23/h1-8,17,21H,(H,16,24). The molecular weight excluding hydrogens is 330 g/mol. The van der Waals surface area contributed by atoms with Crippen LogP contribution in [0.2, 0.25) is 0 Å². The lowest BCUT2D eigenvalue weighted by molar-refractivity contribution is -0.384. The topological polar surface area (TPSA) is 116 Å². The van der Waals surface area contributed by atoms with Crippen LogP contribution in [0.25, 0.3) is 10.9 Å². The molecule has 0 aliphatic carbocycles. The van der Waals surface area contributed by atoms with E-state index < -0.39 is 4.92 Å². The first kappa shape index (κ1) is 15.6. The van der Waals surface area contributed by atoms with E-state index in [2.05, 4.69) is 20.5 Å². The van der Waals surface area contributed by atoms with Crippen molar-refractivity contribution >= 4 is 45.3 Å². The molecule has 0 unspecified atom stereocenters. The summed E-state index contributed by atoms with van der Waals surface area (Å²) in [4.78, 5) is 12.9. The summed E-state index contributed by atoms with van der Waals surface area (Å²) < 4.78 is 0. The first-order chi connectivity index (χ1) is 11.5. The second-order valence-corrected chi connectivity index (χ2v) is 5.19. The molecule has 0 amide bonds. The van der Waals surface area contributed by atoms with Crippen molar-refractivity contribution in [3.05, 3.63) is 58.6 Å². The quantitative estimate of drug-likeness (QED) is 0.285. The first-order valence-electron chi connectivity index (χ1n) is 6.81.